The summed E-state index contributed by atoms with van der Waals surface area (Å²) in [5.41, 5.74) is 0.511. The van der Waals surface area contributed by atoms with E-state index in [2.05, 4.69) is 0 Å². The zero-order valence-corrected chi connectivity index (χ0v) is 11.6. The Morgan fingerprint density at radius 2 is 2.05 bits per heavy atom. The Hall–Kier alpha value is -1.95. The molecular formula is C15H17FN2O3. The van der Waals surface area contributed by atoms with Crippen LogP contribution in [-0.2, 0) is 14.3 Å². The fourth-order valence-corrected chi connectivity index (χ4v) is 2.81. The van der Waals surface area contributed by atoms with Gasteiger partial charge in [-0.1, -0.05) is 6.07 Å². The molecule has 6 heteroatoms. The van der Waals surface area contributed by atoms with Crippen LogP contribution >= 0.6 is 0 Å². The van der Waals surface area contributed by atoms with Gasteiger partial charge in [0.25, 0.3) is 0 Å². The molecule has 2 amide bonds. The monoisotopic (exact) mass is 292 g/mol. The van der Waals surface area contributed by atoms with Crippen molar-refractivity contribution >= 4 is 17.5 Å². The van der Waals surface area contributed by atoms with Gasteiger partial charge in [-0.25, -0.2) is 4.39 Å². The first-order valence-corrected chi connectivity index (χ1v) is 7.07. The topological polar surface area (TPSA) is 49.9 Å². The Bertz CT molecular complexity index is 558. The molecule has 1 atom stereocenters. The van der Waals surface area contributed by atoms with Crippen molar-refractivity contribution in [3.63, 3.8) is 0 Å². The first-order chi connectivity index (χ1) is 10.1. The number of rotatable bonds is 2. The number of hydrogen-bond acceptors (Lipinski definition) is 3. The van der Waals surface area contributed by atoms with Gasteiger partial charge in [-0.3, -0.25) is 9.59 Å². The summed E-state index contributed by atoms with van der Waals surface area (Å²) in [6.07, 6.45) is 0.187. The number of morpholine rings is 1. The highest BCUT2D eigenvalue weighted by Gasteiger charge is 2.37. The lowest BCUT2D eigenvalue weighted by Crippen LogP contribution is -2.44. The zero-order chi connectivity index (χ0) is 14.8. The number of halogens is 1. The van der Waals surface area contributed by atoms with Gasteiger partial charge in [0.2, 0.25) is 11.8 Å². The first-order valence-electron chi connectivity index (χ1n) is 7.07. The van der Waals surface area contributed by atoms with E-state index in [4.69, 9.17) is 4.74 Å². The number of nitrogens with zero attached hydrogens (tertiary/aromatic N) is 2. The highest BCUT2D eigenvalue weighted by molar-refractivity contribution is 6.00. The minimum Gasteiger partial charge on any atom is -0.378 e. The summed E-state index contributed by atoms with van der Waals surface area (Å²) in [7, 11) is 0. The lowest BCUT2D eigenvalue weighted by Gasteiger charge is -2.29. The van der Waals surface area contributed by atoms with Crippen molar-refractivity contribution in [3.8, 4) is 0 Å². The van der Waals surface area contributed by atoms with Crippen LogP contribution in [0.15, 0.2) is 24.3 Å². The van der Waals surface area contributed by atoms with E-state index < -0.39 is 0 Å². The highest BCUT2D eigenvalue weighted by atomic mass is 19.1. The molecule has 0 aliphatic carbocycles. The van der Waals surface area contributed by atoms with Crippen molar-refractivity contribution < 1.29 is 18.7 Å². The SMILES string of the molecule is O=C([C@H]1CC(=O)N(c2cccc(F)c2)C1)N1CCOCC1. The molecule has 112 valence electrons. The smallest absolute Gasteiger partial charge is 0.228 e. The van der Waals surface area contributed by atoms with Crippen molar-refractivity contribution in [2.24, 2.45) is 5.92 Å². The maximum absolute atomic E-state index is 13.3. The number of carbonyl (C=O) groups excluding carboxylic acids is 2. The Kier molecular flexibility index (Phi) is 3.88. The average Bonchev–Trinajstić information content (AvgIpc) is 2.89. The van der Waals surface area contributed by atoms with Crippen molar-refractivity contribution in [3.05, 3.63) is 30.1 Å². The standard InChI is InChI=1S/C15H17FN2O3/c16-12-2-1-3-13(9-12)18-10-11(8-14(18)19)15(20)17-4-6-21-7-5-17/h1-3,9,11H,4-8,10H2/t11-/m0/s1. The van der Waals surface area contributed by atoms with Crippen LogP contribution in [0, 0.1) is 11.7 Å². The molecule has 2 aliphatic heterocycles. The Balaban J connectivity index is 1.70. The van der Waals surface area contributed by atoms with Crippen LogP contribution in [0.4, 0.5) is 10.1 Å². The third-order valence-corrected chi connectivity index (χ3v) is 3.92. The Labute approximate surface area is 122 Å². The summed E-state index contributed by atoms with van der Waals surface area (Å²) in [5.74, 6) is -0.875. The van der Waals surface area contributed by atoms with E-state index in [9.17, 15) is 14.0 Å². The summed E-state index contributed by atoms with van der Waals surface area (Å²) in [6, 6.07) is 5.90. The van der Waals surface area contributed by atoms with Gasteiger partial charge in [-0.05, 0) is 18.2 Å². The van der Waals surface area contributed by atoms with Gasteiger partial charge >= 0.3 is 0 Å². The van der Waals surface area contributed by atoms with Crippen molar-refractivity contribution in [1.29, 1.82) is 0 Å². The third kappa shape index (κ3) is 2.90. The van der Waals surface area contributed by atoms with Crippen LogP contribution in [0.2, 0.25) is 0 Å². The van der Waals surface area contributed by atoms with Gasteiger partial charge in [0.1, 0.15) is 5.82 Å². The second-order valence-electron chi connectivity index (χ2n) is 5.32. The largest absolute Gasteiger partial charge is 0.378 e. The number of ether oxygens (including phenoxy) is 1. The Morgan fingerprint density at radius 3 is 2.76 bits per heavy atom. The van der Waals surface area contributed by atoms with E-state index >= 15 is 0 Å². The minimum atomic E-state index is -0.386. The third-order valence-electron chi connectivity index (χ3n) is 3.92. The number of anilines is 1. The number of carbonyl (C=O) groups is 2. The molecule has 0 spiro atoms. The molecule has 0 saturated carbocycles. The number of amides is 2. The predicted octanol–water partition coefficient (Wildman–Crippen LogP) is 1.04. The quantitative estimate of drug-likeness (QED) is 0.818. The summed E-state index contributed by atoms with van der Waals surface area (Å²) in [5, 5.41) is 0. The van der Waals surface area contributed by atoms with Crippen molar-refractivity contribution in [2.45, 2.75) is 6.42 Å². The molecule has 2 aliphatic rings. The van der Waals surface area contributed by atoms with E-state index in [0.29, 0.717) is 38.5 Å². The molecular weight excluding hydrogens is 275 g/mol. The molecule has 3 rings (SSSR count). The van der Waals surface area contributed by atoms with Gasteiger partial charge in [0.15, 0.2) is 0 Å². The lowest BCUT2D eigenvalue weighted by atomic mass is 10.1. The van der Waals surface area contributed by atoms with Crippen LogP contribution in [0.25, 0.3) is 0 Å². The highest BCUT2D eigenvalue weighted by Crippen LogP contribution is 2.27. The van der Waals surface area contributed by atoms with Gasteiger partial charge in [0, 0.05) is 31.7 Å². The van der Waals surface area contributed by atoms with E-state index in [-0.39, 0.29) is 30.0 Å². The van der Waals surface area contributed by atoms with Crippen molar-refractivity contribution in [1.82, 2.24) is 4.90 Å². The van der Waals surface area contributed by atoms with E-state index in [1.54, 1.807) is 17.0 Å². The van der Waals surface area contributed by atoms with Crippen LogP contribution < -0.4 is 4.90 Å². The molecule has 2 fully saturated rings. The second-order valence-corrected chi connectivity index (χ2v) is 5.32. The molecule has 0 aromatic heterocycles. The maximum Gasteiger partial charge on any atom is 0.228 e. The van der Waals surface area contributed by atoms with E-state index in [0.717, 1.165) is 0 Å². The van der Waals surface area contributed by atoms with Crippen molar-refractivity contribution in [2.75, 3.05) is 37.7 Å². The molecule has 0 radical (unpaired) electrons. The fraction of sp³-hybridized carbons (Fsp3) is 0.467. The zero-order valence-electron chi connectivity index (χ0n) is 11.6. The molecule has 1 aromatic rings. The predicted molar refractivity (Wildman–Crippen MR) is 74.3 cm³/mol. The van der Waals surface area contributed by atoms with Crippen LogP contribution in [-0.4, -0.2) is 49.6 Å². The summed E-state index contributed by atoms with van der Waals surface area (Å²) < 4.78 is 18.5. The van der Waals surface area contributed by atoms with Gasteiger partial charge < -0.3 is 14.5 Å². The van der Waals surface area contributed by atoms with Crippen LogP contribution in [0.3, 0.4) is 0 Å². The first kappa shape index (κ1) is 14.0. The normalized spacial score (nSPS) is 22.7. The molecule has 5 nitrogen and oxygen atoms in total. The average molecular weight is 292 g/mol. The maximum atomic E-state index is 13.3. The molecule has 1 aromatic carbocycles. The molecule has 2 saturated heterocycles. The molecule has 0 unspecified atom stereocenters. The second kappa shape index (κ2) is 5.81. The van der Waals surface area contributed by atoms with Crippen LogP contribution in [0.1, 0.15) is 6.42 Å². The minimum absolute atomic E-state index is 0.00875. The molecule has 0 N–H and O–H groups in total. The van der Waals surface area contributed by atoms with E-state index in [1.165, 1.54) is 17.0 Å². The number of hydrogen-bond donors (Lipinski definition) is 0. The van der Waals surface area contributed by atoms with Gasteiger partial charge in [0.05, 0.1) is 19.1 Å². The summed E-state index contributed by atoms with van der Waals surface area (Å²) in [4.78, 5) is 27.7. The van der Waals surface area contributed by atoms with E-state index in [1.807, 2.05) is 0 Å². The van der Waals surface area contributed by atoms with Gasteiger partial charge in [-0.2, -0.15) is 0 Å². The summed E-state index contributed by atoms with van der Waals surface area (Å²) >= 11 is 0. The Morgan fingerprint density at radius 1 is 1.29 bits per heavy atom. The van der Waals surface area contributed by atoms with Crippen LogP contribution in [0.5, 0.6) is 0 Å². The summed E-state index contributed by atoms with van der Waals surface area (Å²) in [6.45, 7) is 2.55. The number of benzene rings is 1. The molecule has 0 bridgehead atoms. The van der Waals surface area contributed by atoms with Gasteiger partial charge in [-0.15, -0.1) is 0 Å². The lowest BCUT2D eigenvalue weighted by molar-refractivity contribution is -0.139. The molecule has 2 heterocycles. The fourth-order valence-electron chi connectivity index (χ4n) is 2.81. The molecule has 21 heavy (non-hydrogen) atoms.